The van der Waals surface area contributed by atoms with Crippen molar-refractivity contribution < 1.29 is 0 Å². The highest BCUT2D eigenvalue weighted by Crippen LogP contribution is 2.28. The maximum atomic E-state index is 4.74. The van der Waals surface area contributed by atoms with Crippen molar-refractivity contribution in [2.45, 2.75) is 40.8 Å². The van der Waals surface area contributed by atoms with Crippen molar-refractivity contribution in [1.29, 1.82) is 0 Å². The molecule has 7 heteroatoms. The first kappa shape index (κ1) is 19.5. The summed E-state index contributed by atoms with van der Waals surface area (Å²) in [5.41, 5.74) is 3.30. The average molecular weight is 400 g/mol. The van der Waals surface area contributed by atoms with Crippen LogP contribution in [0.5, 0.6) is 0 Å². The maximum absolute atomic E-state index is 4.74. The number of rotatable bonds is 6. The summed E-state index contributed by atoms with van der Waals surface area (Å²) >= 11 is 3.44. The van der Waals surface area contributed by atoms with Crippen LogP contribution in [-0.2, 0) is 13.1 Å². The first-order valence-corrected chi connectivity index (χ1v) is 10.7. The largest absolute Gasteiger partial charge is 0.357 e. The van der Waals surface area contributed by atoms with E-state index in [2.05, 4.69) is 48.5 Å². The van der Waals surface area contributed by atoms with Crippen molar-refractivity contribution in [2.24, 2.45) is 4.99 Å². The zero-order valence-electron chi connectivity index (χ0n) is 16.2. The Labute approximate surface area is 168 Å². The van der Waals surface area contributed by atoms with Crippen LogP contribution in [0.15, 0.2) is 35.3 Å². The third kappa shape index (κ3) is 5.14. The molecule has 2 aromatic heterocycles. The second-order valence-electron chi connectivity index (χ2n) is 6.19. The van der Waals surface area contributed by atoms with E-state index in [0.717, 1.165) is 39.5 Å². The molecule has 0 amide bonds. The molecule has 2 N–H and O–H groups in total. The van der Waals surface area contributed by atoms with Crippen LogP contribution < -0.4 is 10.6 Å². The monoisotopic (exact) mass is 399 g/mol. The van der Waals surface area contributed by atoms with Crippen LogP contribution in [0.1, 0.15) is 33.1 Å². The number of hydrogen-bond donors (Lipinski definition) is 2. The van der Waals surface area contributed by atoms with E-state index in [1.165, 1.54) is 9.75 Å². The van der Waals surface area contributed by atoms with E-state index in [0.29, 0.717) is 13.1 Å². The summed E-state index contributed by atoms with van der Waals surface area (Å²) < 4.78 is 0. The van der Waals surface area contributed by atoms with Gasteiger partial charge in [0.2, 0.25) is 0 Å². The lowest BCUT2D eigenvalue weighted by molar-refractivity contribution is 0.810. The maximum Gasteiger partial charge on any atom is 0.191 e. The van der Waals surface area contributed by atoms with Gasteiger partial charge in [0.25, 0.3) is 0 Å². The van der Waals surface area contributed by atoms with E-state index in [-0.39, 0.29) is 0 Å². The summed E-state index contributed by atoms with van der Waals surface area (Å²) in [4.78, 5) is 16.5. The van der Waals surface area contributed by atoms with E-state index in [1.54, 1.807) is 22.7 Å². The van der Waals surface area contributed by atoms with Crippen LogP contribution in [-0.4, -0.2) is 22.5 Å². The molecule has 1 aromatic carbocycles. The molecule has 0 atom stereocenters. The molecule has 142 valence electrons. The lowest BCUT2D eigenvalue weighted by Gasteiger charge is -2.09. The first-order chi connectivity index (χ1) is 13.1. The molecule has 0 fully saturated rings. The Balaban J connectivity index is 1.68. The molecule has 0 saturated carbocycles. The van der Waals surface area contributed by atoms with E-state index >= 15 is 0 Å². The molecular weight excluding hydrogens is 374 g/mol. The van der Waals surface area contributed by atoms with Gasteiger partial charge in [0.15, 0.2) is 5.96 Å². The fraction of sp³-hybridized carbons (Fsp3) is 0.350. The molecule has 3 aromatic rings. The van der Waals surface area contributed by atoms with E-state index in [4.69, 9.17) is 9.98 Å². The summed E-state index contributed by atoms with van der Waals surface area (Å²) in [5.74, 6) is 0.803. The van der Waals surface area contributed by atoms with Crippen LogP contribution in [0.2, 0.25) is 0 Å². The second kappa shape index (κ2) is 9.10. The van der Waals surface area contributed by atoms with E-state index in [9.17, 15) is 0 Å². The summed E-state index contributed by atoms with van der Waals surface area (Å²) in [6.07, 6.45) is 0. The lowest BCUT2D eigenvalue weighted by atomic mass is 10.2. The number of nitrogens with one attached hydrogen (secondary N) is 2. The fourth-order valence-corrected chi connectivity index (χ4v) is 4.41. The molecule has 3 rings (SSSR count). The summed E-state index contributed by atoms with van der Waals surface area (Å²) in [6, 6.07) is 10.3. The number of guanidine groups is 1. The van der Waals surface area contributed by atoms with Crippen LogP contribution in [0.25, 0.3) is 10.6 Å². The number of aryl methyl sites for hydroxylation is 3. The van der Waals surface area contributed by atoms with Gasteiger partial charge < -0.3 is 10.6 Å². The lowest BCUT2D eigenvalue weighted by Crippen LogP contribution is -2.36. The van der Waals surface area contributed by atoms with E-state index < -0.39 is 0 Å². The van der Waals surface area contributed by atoms with Gasteiger partial charge in [0, 0.05) is 21.9 Å². The van der Waals surface area contributed by atoms with Gasteiger partial charge in [-0.15, -0.1) is 22.7 Å². The Morgan fingerprint density at radius 2 is 1.78 bits per heavy atom. The molecule has 0 radical (unpaired) electrons. The number of nitrogens with zero attached hydrogens (tertiary/aromatic N) is 3. The van der Waals surface area contributed by atoms with Crippen LogP contribution in [0.4, 0.5) is 0 Å². The molecule has 2 heterocycles. The van der Waals surface area contributed by atoms with Gasteiger partial charge in [-0.05, 0) is 27.7 Å². The van der Waals surface area contributed by atoms with Crippen LogP contribution >= 0.6 is 22.7 Å². The predicted octanol–water partition coefficient (Wildman–Crippen LogP) is 4.45. The highest BCUT2D eigenvalue weighted by Gasteiger charge is 2.10. The fourth-order valence-electron chi connectivity index (χ4n) is 2.55. The predicted molar refractivity (Wildman–Crippen MR) is 116 cm³/mol. The van der Waals surface area contributed by atoms with Gasteiger partial charge in [-0.25, -0.2) is 15.0 Å². The molecule has 0 bridgehead atoms. The highest BCUT2D eigenvalue weighted by molar-refractivity contribution is 7.15. The minimum Gasteiger partial charge on any atom is -0.357 e. The Kier molecular flexibility index (Phi) is 6.58. The molecule has 0 saturated heterocycles. The number of aliphatic imine (C=N–C) groups is 1. The van der Waals surface area contributed by atoms with Crippen LogP contribution in [0.3, 0.4) is 0 Å². The van der Waals surface area contributed by atoms with Crippen molar-refractivity contribution in [3.63, 3.8) is 0 Å². The third-order valence-electron chi connectivity index (χ3n) is 4.12. The van der Waals surface area contributed by atoms with Gasteiger partial charge in [-0.1, -0.05) is 30.3 Å². The second-order valence-corrected chi connectivity index (χ2v) is 8.56. The van der Waals surface area contributed by atoms with Gasteiger partial charge in [0.05, 0.1) is 24.5 Å². The molecule has 27 heavy (non-hydrogen) atoms. The van der Waals surface area contributed by atoms with Crippen molar-refractivity contribution in [3.05, 3.63) is 56.5 Å². The van der Waals surface area contributed by atoms with E-state index in [1.807, 2.05) is 25.1 Å². The third-order valence-corrected chi connectivity index (χ3v) is 6.38. The number of thiazole rings is 2. The summed E-state index contributed by atoms with van der Waals surface area (Å²) in [5, 5.41) is 8.81. The summed E-state index contributed by atoms with van der Waals surface area (Å²) in [6.45, 7) is 10.4. The van der Waals surface area contributed by atoms with Crippen molar-refractivity contribution >= 4 is 28.6 Å². The molecule has 0 unspecified atom stereocenters. The average Bonchev–Trinajstić information content (AvgIpc) is 3.20. The smallest absolute Gasteiger partial charge is 0.191 e. The molecule has 5 nitrogen and oxygen atoms in total. The molecular formula is C20H25N5S2. The van der Waals surface area contributed by atoms with Crippen LogP contribution in [0, 0.1) is 20.8 Å². The highest BCUT2D eigenvalue weighted by atomic mass is 32.1. The SMILES string of the molecule is CCNC(=NCc1sc(-c2ccccc2)nc1C)NCc1nc(C)c(C)s1. The zero-order chi connectivity index (χ0) is 19.2. The van der Waals surface area contributed by atoms with Gasteiger partial charge in [-0.2, -0.15) is 0 Å². The first-order valence-electron chi connectivity index (χ1n) is 9.03. The van der Waals surface area contributed by atoms with Crippen molar-refractivity contribution in [1.82, 2.24) is 20.6 Å². The molecule has 0 aliphatic heterocycles. The Morgan fingerprint density at radius 3 is 2.44 bits per heavy atom. The molecule has 0 aliphatic carbocycles. The topological polar surface area (TPSA) is 62.2 Å². The normalized spacial score (nSPS) is 11.6. The zero-order valence-corrected chi connectivity index (χ0v) is 17.8. The Morgan fingerprint density at radius 1 is 1.00 bits per heavy atom. The number of aromatic nitrogens is 2. The van der Waals surface area contributed by atoms with Gasteiger partial charge in [-0.3, -0.25) is 0 Å². The Hall–Kier alpha value is -2.25. The molecule has 0 aliphatic rings. The van der Waals surface area contributed by atoms with Gasteiger partial charge >= 0.3 is 0 Å². The number of hydrogen-bond acceptors (Lipinski definition) is 5. The number of benzene rings is 1. The van der Waals surface area contributed by atoms with Gasteiger partial charge in [0.1, 0.15) is 10.0 Å². The summed E-state index contributed by atoms with van der Waals surface area (Å²) in [7, 11) is 0. The molecule has 0 spiro atoms. The standard InChI is InChI=1S/C20H25N5S2/c1-5-21-20(23-12-18-24-13(2)15(4)26-18)22-11-17-14(3)25-19(27-17)16-9-7-6-8-10-16/h6-10H,5,11-12H2,1-4H3,(H2,21,22,23). The van der Waals surface area contributed by atoms with Crippen molar-refractivity contribution in [2.75, 3.05) is 6.54 Å². The quantitative estimate of drug-likeness (QED) is 0.475. The minimum absolute atomic E-state index is 0.613. The van der Waals surface area contributed by atoms with Crippen molar-refractivity contribution in [3.8, 4) is 10.6 Å². The Bertz CT molecular complexity index is 892. The minimum atomic E-state index is 0.613.